The summed E-state index contributed by atoms with van der Waals surface area (Å²) in [5, 5.41) is 10.4. The molecule has 9 nitrogen and oxygen atoms in total. The molecule has 2 amide bonds. The fraction of sp³-hybridized carbons (Fsp3) is 0.655. The molecular formula is C29H48N4O5SSi. The number of hydrogen-bond acceptors (Lipinski definition) is 8. The Kier molecular flexibility index (Phi) is 12.3. The van der Waals surface area contributed by atoms with Crippen LogP contribution in [0.3, 0.4) is 0 Å². The van der Waals surface area contributed by atoms with Gasteiger partial charge in [0, 0.05) is 6.42 Å². The predicted octanol–water partition coefficient (Wildman–Crippen LogP) is 6.86. The van der Waals surface area contributed by atoms with Crippen LogP contribution in [0.2, 0.25) is 18.1 Å². The van der Waals surface area contributed by atoms with Gasteiger partial charge in [-0.1, -0.05) is 95.7 Å². The second kappa shape index (κ2) is 14.5. The highest BCUT2D eigenvalue weighted by molar-refractivity contribution is 7.98. The molecule has 0 bridgehead atoms. The lowest BCUT2D eigenvalue weighted by Gasteiger charge is -2.45. The minimum absolute atomic E-state index is 0.107. The Balaban J connectivity index is 2.42. The molecule has 1 aromatic heterocycles. The molecule has 0 saturated carbocycles. The van der Waals surface area contributed by atoms with Gasteiger partial charge in [0.15, 0.2) is 14.0 Å². The number of nitrogens with zero attached hydrogens (tertiary/aromatic N) is 2. The van der Waals surface area contributed by atoms with E-state index in [4.69, 9.17) is 13.7 Å². The van der Waals surface area contributed by atoms with E-state index in [1.807, 2.05) is 50.4 Å². The Morgan fingerprint density at radius 2 is 1.73 bits per heavy atom. The molecule has 2 aromatic rings. The number of thioether (sulfide) groups is 1. The molecule has 0 aliphatic heterocycles. The molecule has 0 fully saturated rings. The van der Waals surface area contributed by atoms with Crippen molar-refractivity contribution in [1.29, 1.82) is 0 Å². The SMILES string of the molecule is CSc1nc(C(CCC(C)C)(NC(=O)C(CC(C)C)NC(=O)OCc2ccccc2)O[Si](C)(C)C(C)(C)C)no1. The monoisotopic (exact) mass is 592 g/mol. The molecule has 11 heteroatoms. The smallest absolute Gasteiger partial charge is 0.408 e. The van der Waals surface area contributed by atoms with Crippen molar-refractivity contribution in [3.05, 3.63) is 41.7 Å². The molecule has 224 valence electrons. The van der Waals surface area contributed by atoms with E-state index in [2.05, 4.69) is 68.5 Å². The van der Waals surface area contributed by atoms with Gasteiger partial charge in [-0.15, -0.1) is 0 Å². The maximum atomic E-state index is 14.0. The van der Waals surface area contributed by atoms with Gasteiger partial charge in [-0.2, -0.15) is 4.98 Å². The van der Waals surface area contributed by atoms with Crippen LogP contribution in [-0.4, -0.2) is 42.8 Å². The summed E-state index contributed by atoms with van der Waals surface area (Å²) in [4.78, 5) is 31.4. The van der Waals surface area contributed by atoms with E-state index in [0.29, 0.717) is 24.0 Å². The maximum absolute atomic E-state index is 14.0. The number of rotatable bonds is 14. The molecule has 1 aromatic carbocycles. The topological polar surface area (TPSA) is 116 Å². The highest BCUT2D eigenvalue weighted by Gasteiger charge is 2.49. The van der Waals surface area contributed by atoms with Crippen LogP contribution < -0.4 is 10.6 Å². The van der Waals surface area contributed by atoms with Crippen molar-refractivity contribution >= 4 is 32.1 Å². The number of nitrogens with one attached hydrogen (secondary N) is 2. The van der Waals surface area contributed by atoms with Gasteiger partial charge >= 0.3 is 6.09 Å². The van der Waals surface area contributed by atoms with Crippen LogP contribution in [-0.2, 0) is 26.3 Å². The van der Waals surface area contributed by atoms with E-state index in [-0.39, 0.29) is 29.3 Å². The van der Waals surface area contributed by atoms with E-state index in [1.165, 1.54) is 11.8 Å². The first-order valence-electron chi connectivity index (χ1n) is 14.0. The maximum Gasteiger partial charge on any atom is 0.408 e. The van der Waals surface area contributed by atoms with Crippen molar-refractivity contribution in [1.82, 2.24) is 20.8 Å². The second-order valence-electron chi connectivity index (χ2n) is 12.6. The first-order valence-corrected chi connectivity index (χ1v) is 18.1. The van der Waals surface area contributed by atoms with Gasteiger partial charge in [-0.3, -0.25) is 4.79 Å². The van der Waals surface area contributed by atoms with Gasteiger partial charge in [-0.25, -0.2) is 4.79 Å². The van der Waals surface area contributed by atoms with E-state index < -0.39 is 26.2 Å². The zero-order chi connectivity index (χ0) is 30.1. The number of aromatic nitrogens is 2. The van der Waals surface area contributed by atoms with Crippen molar-refractivity contribution in [2.24, 2.45) is 11.8 Å². The molecule has 0 aliphatic rings. The third-order valence-electron chi connectivity index (χ3n) is 7.11. The molecule has 0 saturated heterocycles. The van der Waals surface area contributed by atoms with E-state index >= 15 is 0 Å². The number of carbonyl (C=O) groups excluding carboxylic acids is 2. The van der Waals surface area contributed by atoms with Crippen LogP contribution in [0.1, 0.15) is 79.1 Å². The molecule has 2 atom stereocenters. The highest BCUT2D eigenvalue weighted by Crippen LogP contribution is 2.42. The van der Waals surface area contributed by atoms with Gasteiger partial charge < -0.3 is 24.3 Å². The summed E-state index contributed by atoms with van der Waals surface area (Å²) < 4.78 is 17.9. The van der Waals surface area contributed by atoms with E-state index in [0.717, 1.165) is 12.0 Å². The Labute approximate surface area is 245 Å². The summed E-state index contributed by atoms with van der Waals surface area (Å²) in [5.41, 5.74) is -0.466. The van der Waals surface area contributed by atoms with Crippen molar-refractivity contribution in [3.63, 3.8) is 0 Å². The Morgan fingerprint density at radius 1 is 1.07 bits per heavy atom. The van der Waals surface area contributed by atoms with Gasteiger partial charge in [0.1, 0.15) is 12.6 Å². The lowest BCUT2D eigenvalue weighted by atomic mass is 9.98. The molecule has 40 heavy (non-hydrogen) atoms. The molecule has 2 N–H and O–H groups in total. The summed E-state index contributed by atoms with van der Waals surface area (Å²) in [6.07, 6.45) is 2.80. The van der Waals surface area contributed by atoms with E-state index in [9.17, 15) is 9.59 Å². The summed E-state index contributed by atoms with van der Waals surface area (Å²) in [7, 11) is -2.47. The van der Waals surface area contributed by atoms with Crippen LogP contribution in [0.25, 0.3) is 0 Å². The molecule has 0 spiro atoms. The fourth-order valence-corrected chi connectivity index (χ4v) is 5.50. The summed E-state index contributed by atoms with van der Waals surface area (Å²) in [5.74, 6) is 0.363. The largest absolute Gasteiger partial charge is 0.445 e. The zero-order valence-electron chi connectivity index (χ0n) is 25.8. The lowest BCUT2D eigenvalue weighted by molar-refractivity contribution is -0.132. The van der Waals surface area contributed by atoms with Gasteiger partial charge in [0.05, 0.1) is 0 Å². The standard InChI is InChI=1S/C29H48N4O5SSi/c1-20(2)16-17-29(25-31-27(39-8)37-33-25,38-40(9,10)28(5,6)7)32-24(34)23(18-21(3)4)30-26(35)36-19-22-14-12-11-13-15-22/h11-15,20-21,23H,16-19H2,1-10H3,(H,30,35)(H,32,34). The predicted molar refractivity (Wildman–Crippen MR) is 161 cm³/mol. The third-order valence-corrected chi connectivity index (χ3v) is 12.1. The number of hydrogen-bond donors (Lipinski definition) is 2. The van der Waals surface area contributed by atoms with Crippen molar-refractivity contribution < 1.29 is 23.3 Å². The Morgan fingerprint density at radius 3 is 2.25 bits per heavy atom. The van der Waals surface area contributed by atoms with Crippen molar-refractivity contribution in [2.45, 2.75) is 109 Å². The molecule has 2 unspecified atom stereocenters. The van der Waals surface area contributed by atoms with Gasteiger partial charge in [0.25, 0.3) is 5.22 Å². The minimum Gasteiger partial charge on any atom is -0.445 e. The van der Waals surface area contributed by atoms with E-state index in [1.54, 1.807) is 0 Å². The number of amides is 2. The van der Waals surface area contributed by atoms with Gasteiger partial charge in [0.2, 0.25) is 11.7 Å². The lowest BCUT2D eigenvalue weighted by Crippen LogP contribution is -2.60. The zero-order valence-corrected chi connectivity index (χ0v) is 27.6. The minimum atomic E-state index is -2.47. The molecular weight excluding hydrogens is 544 g/mol. The summed E-state index contributed by atoms with van der Waals surface area (Å²) in [6, 6.07) is 8.56. The number of carbonyl (C=O) groups is 2. The molecule has 2 rings (SSSR count). The quantitative estimate of drug-likeness (QED) is 0.139. The third kappa shape index (κ3) is 9.92. The molecule has 0 radical (unpaired) electrons. The van der Waals surface area contributed by atoms with Gasteiger partial charge in [-0.05, 0) is 54.6 Å². The Hall–Kier alpha value is -2.37. The van der Waals surface area contributed by atoms with Crippen molar-refractivity contribution in [3.8, 4) is 0 Å². The van der Waals surface area contributed by atoms with Crippen LogP contribution in [0.15, 0.2) is 40.1 Å². The highest BCUT2D eigenvalue weighted by atomic mass is 32.2. The van der Waals surface area contributed by atoms with Crippen LogP contribution in [0, 0.1) is 11.8 Å². The average molecular weight is 593 g/mol. The number of benzene rings is 1. The fourth-order valence-electron chi connectivity index (χ4n) is 3.79. The normalized spacial score (nSPS) is 14.6. The second-order valence-corrected chi connectivity index (χ2v) is 18.1. The van der Waals surface area contributed by atoms with Crippen molar-refractivity contribution in [2.75, 3.05) is 6.26 Å². The number of alkyl carbamates (subject to hydrolysis) is 1. The summed E-state index contributed by atoms with van der Waals surface area (Å²) in [6.45, 7) is 19.0. The first kappa shape index (κ1) is 33.8. The van der Waals surface area contributed by atoms with Crippen LogP contribution in [0.5, 0.6) is 0 Å². The van der Waals surface area contributed by atoms with Crippen LogP contribution >= 0.6 is 11.8 Å². The summed E-state index contributed by atoms with van der Waals surface area (Å²) >= 11 is 1.33. The van der Waals surface area contributed by atoms with Crippen LogP contribution in [0.4, 0.5) is 4.79 Å². The molecule has 0 aliphatic carbocycles. The number of ether oxygens (including phenoxy) is 1. The average Bonchev–Trinajstić information content (AvgIpc) is 3.35. The first-order chi connectivity index (χ1) is 18.6. The Bertz CT molecular complexity index is 1090. The molecule has 1 heterocycles.